The summed E-state index contributed by atoms with van der Waals surface area (Å²) in [6, 6.07) is 2.42. The molecule has 3 N–H and O–H groups in total. The van der Waals surface area contributed by atoms with Crippen LogP contribution in [0.5, 0.6) is 0 Å². The van der Waals surface area contributed by atoms with Crippen LogP contribution < -0.4 is 0 Å². The Bertz CT molecular complexity index is 913. The molecule has 9 atom stereocenters. The third kappa shape index (κ3) is 3.19. The lowest BCUT2D eigenvalue weighted by atomic mass is 9.37. The van der Waals surface area contributed by atoms with Crippen molar-refractivity contribution < 1.29 is 34.4 Å². The number of carboxylic acids is 1. The third-order valence-corrected chi connectivity index (χ3v) is 10.4. The zero-order valence-corrected chi connectivity index (χ0v) is 19.7. The standard InChI is InChI=1S/C25H35NO7/c1-22-7-4-14(27)10-24(22,13-26)11-15(21(31)33-3)19-16-5-8-25(32,9-6-18(29)30)23(16,2)12-17(28)20(19)22/h15-17,19-20,28,32H,4-12H2,1-3H3,(H,29,30)/t15-,16+,17-,19+,20+,22-,23+,24?,25-/m1/s1. The second-order valence-corrected chi connectivity index (χ2v) is 11.5. The van der Waals surface area contributed by atoms with Crippen LogP contribution >= 0.6 is 0 Å². The van der Waals surface area contributed by atoms with Gasteiger partial charge in [-0.05, 0) is 61.7 Å². The normalized spacial score (nSPS) is 48.7. The van der Waals surface area contributed by atoms with Gasteiger partial charge in [-0.1, -0.05) is 13.8 Å². The largest absolute Gasteiger partial charge is 0.481 e. The minimum absolute atomic E-state index is 0.00939. The van der Waals surface area contributed by atoms with Gasteiger partial charge in [0, 0.05) is 24.7 Å². The zero-order valence-electron chi connectivity index (χ0n) is 19.7. The number of hydrogen-bond acceptors (Lipinski definition) is 7. The van der Waals surface area contributed by atoms with E-state index in [-0.39, 0.29) is 55.6 Å². The maximum atomic E-state index is 13.1. The number of aliphatic hydroxyl groups is 2. The number of carbonyl (C=O) groups is 3. The molecule has 0 amide bonds. The van der Waals surface area contributed by atoms with Crippen molar-refractivity contribution in [1.29, 1.82) is 5.26 Å². The quantitative estimate of drug-likeness (QED) is 0.541. The number of carbonyl (C=O) groups excluding carboxylic acids is 2. The number of rotatable bonds is 4. The van der Waals surface area contributed by atoms with Crippen molar-refractivity contribution in [2.75, 3.05) is 7.11 Å². The molecule has 0 spiro atoms. The Labute approximate surface area is 194 Å². The van der Waals surface area contributed by atoms with Gasteiger partial charge in [0.2, 0.25) is 0 Å². The van der Waals surface area contributed by atoms with E-state index in [1.54, 1.807) is 0 Å². The van der Waals surface area contributed by atoms with Gasteiger partial charge in [-0.2, -0.15) is 5.26 Å². The fourth-order valence-corrected chi connectivity index (χ4v) is 8.65. The number of ketones is 1. The van der Waals surface area contributed by atoms with Crippen LogP contribution in [-0.2, 0) is 19.1 Å². The molecule has 4 saturated carbocycles. The SMILES string of the molecule is COC(=O)[C@@H]1CC2(C#N)CC(=O)CC[C@]2(C)[C@@H]2[C@@H]1[C@@H]1CC[C@@](O)(CCC(=O)O)[C@@]1(C)C[C@H]2O. The summed E-state index contributed by atoms with van der Waals surface area (Å²) < 4.78 is 5.16. The van der Waals surface area contributed by atoms with Gasteiger partial charge in [-0.25, -0.2) is 0 Å². The lowest BCUT2D eigenvalue weighted by molar-refractivity contribution is -0.228. The molecule has 0 heterocycles. The summed E-state index contributed by atoms with van der Waals surface area (Å²) in [6.45, 7) is 3.91. The van der Waals surface area contributed by atoms with Crippen LogP contribution in [0.25, 0.3) is 0 Å². The zero-order chi connectivity index (χ0) is 24.4. The maximum absolute atomic E-state index is 13.1. The fourth-order valence-electron chi connectivity index (χ4n) is 8.65. The number of carboxylic acid groups (broad SMARTS) is 1. The van der Waals surface area contributed by atoms with E-state index in [4.69, 9.17) is 4.74 Å². The molecule has 8 nitrogen and oxygen atoms in total. The monoisotopic (exact) mass is 461 g/mol. The Morgan fingerprint density at radius 3 is 2.52 bits per heavy atom. The van der Waals surface area contributed by atoms with Gasteiger partial charge < -0.3 is 20.1 Å². The number of Topliss-reactive ketones (excluding diaryl/α,β-unsaturated/α-hetero) is 1. The van der Waals surface area contributed by atoms with E-state index in [9.17, 15) is 35.0 Å². The van der Waals surface area contributed by atoms with Gasteiger partial charge >= 0.3 is 11.9 Å². The highest BCUT2D eigenvalue weighted by Gasteiger charge is 2.72. The number of fused-ring (bicyclic) bond motifs is 5. The molecule has 0 aliphatic heterocycles. The van der Waals surface area contributed by atoms with Crippen molar-refractivity contribution in [3.05, 3.63) is 0 Å². The van der Waals surface area contributed by atoms with Crippen LogP contribution in [0.2, 0.25) is 0 Å². The number of nitriles is 1. The Balaban J connectivity index is 1.82. The van der Waals surface area contributed by atoms with Gasteiger partial charge in [0.1, 0.15) is 5.78 Å². The van der Waals surface area contributed by atoms with Crippen LogP contribution in [0.1, 0.15) is 71.6 Å². The van der Waals surface area contributed by atoms with E-state index in [1.165, 1.54) is 7.11 Å². The van der Waals surface area contributed by atoms with E-state index < -0.39 is 45.8 Å². The number of aliphatic carboxylic acids is 1. The van der Waals surface area contributed by atoms with Crippen LogP contribution in [0.4, 0.5) is 0 Å². The molecule has 4 aliphatic rings. The van der Waals surface area contributed by atoms with Crippen molar-refractivity contribution in [2.24, 2.45) is 39.9 Å². The highest BCUT2D eigenvalue weighted by Crippen LogP contribution is 2.72. The van der Waals surface area contributed by atoms with E-state index in [0.29, 0.717) is 25.7 Å². The summed E-state index contributed by atoms with van der Waals surface area (Å²) in [5.74, 6) is -2.91. The van der Waals surface area contributed by atoms with Crippen molar-refractivity contribution in [3.8, 4) is 6.07 Å². The summed E-state index contributed by atoms with van der Waals surface area (Å²) >= 11 is 0. The molecule has 4 fully saturated rings. The number of methoxy groups -OCH3 is 1. The van der Waals surface area contributed by atoms with E-state index in [0.717, 1.165) is 0 Å². The molecule has 4 rings (SSSR count). The highest BCUT2D eigenvalue weighted by molar-refractivity contribution is 5.81. The third-order valence-electron chi connectivity index (χ3n) is 10.4. The predicted molar refractivity (Wildman–Crippen MR) is 115 cm³/mol. The molecule has 33 heavy (non-hydrogen) atoms. The first kappa shape index (κ1) is 24.2. The average Bonchev–Trinajstić information content (AvgIpc) is 3.02. The van der Waals surface area contributed by atoms with Crippen molar-refractivity contribution in [2.45, 2.75) is 83.3 Å². The number of esters is 1. The molecule has 0 radical (unpaired) electrons. The lowest BCUT2D eigenvalue weighted by Gasteiger charge is -2.66. The minimum Gasteiger partial charge on any atom is -0.481 e. The lowest BCUT2D eigenvalue weighted by Crippen LogP contribution is -2.67. The first-order valence-corrected chi connectivity index (χ1v) is 12.0. The van der Waals surface area contributed by atoms with E-state index >= 15 is 0 Å². The van der Waals surface area contributed by atoms with Gasteiger partial charge in [-0.3, -0.25) is 14.4 Å². The fraction of sp³-hybridized carbons (Fsp3) is 0.840. The minimum atomic E-state index is -1.25. The van der Waals surface area contributed by atoms with Crippen LogP contribution in [0.15, 0.2) is 0 Å². The molecular weight excluding hydrogens is 426 g/mol. The summed E-state index contributed by atoms with van der Waals surface area (Å²) in [4.78, 5) is 36.8. The van der Waals surface area contributed by atoms with Gasteiger partial charge in [0.25, 0.3) is 0 Å². The van der Waals surface area contributed by atoms with Crippen molar-refractivity contribution in [1.82, 2.24) is 0 Å². The Morgan fingerprint density at radius 2 is 1.91 bits per heavy atom. The Morgan fingerprint density at radius 1 is 1.21 bits per heavy atom. The van der Waals surface area contributed by atoms with E-state index in [2.05, 4.69) is 6.07 Å². The first-order valence-electron chi connectivity index (χ1n) is 12.0. The van der Waals surface area contributed by atoms with Gasteiger partial charge in [-0.15, -0.1) is 0 Å². The molecule has 182 valence electrons. The molecule has 0 aromatic heterocycles. The Hall–Kier alpha value is -1.98. The molecule has 8 heteroatoms. The predicted octanol–water partition coefficient (Wildman–Crippen LogP) is 2.46. The second-order valence-electron chi connectivity index (χ2n) is 11.5. The summed E-state index contributed by atoms with van der Waals surface area (Å²) in [5.41, 5.74) is -3.71. The number of nitrogens with zero attached hydrogens (tertiary/aromatic N) is 1. The molecule has 0 aromatic rings. The number of ether oxygens (including phenoxy) is 1. The molecule has 0 bridgehead atoms. The smallest absolute Gasteiger partial charge is 0.309 e. The van der Waals surface area contributed by atoms with Gasteiger partial charge in [0.15, 0.2) is 0 Å². The van der Waals surface area contributed by atoms with E-state index in [1.807, 2.05) is 13.8 Å². The van der Waals surface area contributed by atoms with Crippen LogP contribution in [0, 0.1) is 51.2 Å². The number of aliphatic hydroxyl groups excluding tert-OH is 1. The van der Waals surface area contributed by atoms with Crippen molar-refractivity contribution in [3.63, 3.8) is 0 Å². The highest BCUT2D eigenvalue weighted by atomic mass is 16.5. The molecular formula is C25H35NO7. The molecule has 1 unspecified atom stereocenters. The topological polar surface area (TPSA) is 145 Å². The first-order chi connectivity index (χ1) is 15.4. The van der Waals surface area contributed by atoms with Gasteiger partial charge in [0.05, 0.1) is 36.2 Å². The summed E-state index contributed by atoms with van der Waals surface area (Å²) in [7, 11) is 1.31. The summed E-state index contributed by atoms with van der Waals surface area (Å²) in [5, 5.41) is 42.8. The van der Waals surface area contributed by atoms with Crippen LogP contribution in [-0.4, -0.2) is 51.9 Å². The molecule has 0 aromatic carbocycles. The van der Waals surface area contributed by atoms with Crippen molar-refractivity contribution >= 4 is 17.7 Å². The Kier molecular flexibility index (Phi) is 5.69. The second kappa shape index (κ2) is 7.78. The average molecular weight is 462 g/mol. The van der Waals surface area contributed by atoms with Crippen LogP contribution in [0.3, 0.4) is 0 Å². The summed E-state index contributed by atoms with van der Waals surface area (Å²) in [6.07, 6.45) is 1.45. The maximum Gasteiger partial charge on any atom is 0.309 e. The number of hydrogen-bond donors (Lipinski definition) is 3. The molecule has 0 saturated heterocycles. The molecule has 4 aliphatic carbocycles.